The van der Waals surface area contributed by atoms with Crippen molar-refractivity contribution in [2.24, 2.45) is 11.8 Å². The van der Waals surface area contributed by atoms with E-state index in [9.17, 15) is 19.2 Å². The van der Waals surface area contributed by atoms with Gasteiger partial charge < -0.3 is 39.9 Å². The Bertz CT molecular complexity index is 2660. The summed E-state index contributed by atoms with van der Waals surface area (Å²) in [6.45, 7) is 4.36. The van der Waals surface area contributed by atoms with Crippen LogP contribution >= 0.6 is 11.6 Å². The van der Waals surface area contributed by atoms with Crippen molar-refractivity contribution in [1.29, 1.82) is 0 Å². The van der Waals surface area contributed by atoms with Crippen molar-refractivity contribution in [2.45, 2.75) is 76.2 Å². The van der Waals surface area contributed by atoms with Crippen LogP contribution in [-0.2, 0) is 19.1 Å². The van der Waals surface area contributed by atoms with Gasteiger partial charge in [0.2, 0.25) is 5.91 Å². The summed E-state index contributed by atoms with van der Waals surface area (Å²) in [4.78, 5) is 73.2. The van der Waals surface area contributed by atoms with E-state index in [0.717, 1.165) is 70.6 Å². The SMILES string of the molecule is COC(=O)NC(C(=O)N1[C@@H]2CC[C@@H](C2)[C@H]1c1nc(-c2ccc(-c3ccc4c(ccc5[nH]c([C@@H]6CCCN6C(=O)[C@H](NC(=O)OC)c6ccccc6)nc54)c3)cc2)c(Cl)[nH]1)C(C)C. The van der Waals surface area contributed by atoms with Crippen LogP contribution in [0, 0.1) is 11.8 Å². The molecule has 0 spiro atoms. The zero-order valence-electron chi connectivity index (χ0n) is 35.0. The molecule has 1 saturated carbocycles. The lowest BCUT2D eigenvalue weighted by Crippen LogP contribution is -2.54. The zero-order chi connectivity index (χ0) is 43.2. The van der Waals surface area contributed by atoms with Crippen LogP contribution < -0.4 is 10.6 Å². The number of ether oxygens (including phenoxy) is 2. The highest BCUT2D eigenvalue weighted by molar-refractivity contribution is 6.32. The minimum atomic E-state index is -0.896. The molecule has 2 aliphatic heterocycles. The van der Waals surface area contributed by atoms with Crippen LogP contribution in [0.2, 0.25) is 5.15 Å². The number of carbonyl (C=O) groups is 4. The van der Waals surface area contributed by atoms with Crippen molar-refractivity contribution in [3.63, 3.8) is 0 Å². The number of likely N-dealkylation sites (tertiary alicyclic amines) is 2. The summed E-state index contributed by atoms with van der Waals surface area (Å²) >= 11 is 6.84. The second-order valence-corrected chi connectivity index (χ2v) is 17.2. The molecule has 2 bridgehead atoms. The second kappa shape index (κ2) is 16.8. The quantitative estimate of drug-likeness (QED) is 0.106. The van der Waals surface area contributed by atoms with Crippen molar-refractivity contribution in [3.8, 4) is 22.4 Å². The molecule has 14 nitrogen and oxygen atoms in total. The molecule has 6 aromatic rings. The predicted molar refractivity (Wildman–Crippen MR) is 235 cm³/mol. The van der Waals surface area contributed by atoms with Crippen molar-refractivity contribution in [1.82, 2.24) is 40.4 Å². The summed E-state index contributed by atoms with van der Waals surface area (Å²) in [6, 6.07) is 25.6. The van der Waals surface area contributed by atoms with Gasteiger partial charge in [0, 0.05) is 23.5 Å². The van der Waals surface area contributed by atoms with E-state index < -0.39 is 24.3 Å². The first-order valence-electron chi connectivity index (χ1n) is 21.2. The van der Waals surface area contributed by atoms with E-state index in [-0.39, 0.29) is 41.8 Å². The Kier molecular flexibility index (Phi) is 11.1. The lowest BCUT2D eigenvalue weighted by Gasteiger charge is -2.37. The minimum absolute atomic E-state index is 0.0720. The maximum absolute atomic E-state index is 14.1. The monoisotopic (exact) mass is 856 g/mol. The van der Waals surface area contributed by atoms with Gasteiger partial charge in [0.15, 0.2) is 0 Å². The largest absolute Gasteiger partial charge is 0.453 e. The summed E-state index contributed by atoms with van der Waals surface area (Å²) in [5.41, 5.74) is 5.88. The number of rotatable bonds is 10. The molecule has 1 aliphatic carbocycles. The Morgan fingerprint density at radius 3 is 2.26 bits per heavy atom. The molecule has 1 unspecified atom stereocenters. The van der Waals surface area contributed by atoms with Gasteiger partial charge in [-0.2, -0.15) is 0 Å². The molecule has 9 rings (SSSR count). The van der Waals surface area contributed by atoms with Crippen LogP contribution in [0.1, 0.15) is 81.3 Å². The number of benzene rings is 4. The van der Waals surface area contributed by atoms with Gasteiger partial charge in [-0.05, 0) is 78.1 Å². The number of amides is 4. The van der Waals surface area contributed by atoms with Gasteiger partial charge in [0.1, 0.15) is 34.6 Å². The maximum atomic E-state index is 14.1. The third kappa shape index (κ3) is 7.50. The molecule has 4 heterocycles. The molecule has 62 heavy (non-hydrogen) atoms. The van der Waals surface area contributed by atoms with Gasteiger partial charge in [-0.1, -0.05) is 98.2 Å². The fourth-order valence-electron chi connectivity index (χ4n) is 9.79. The fraction of sp³-hybridized carbons (Fsp3) is 0.362. The van der Waals surface area contributed by atoms with Crippen LogP contribution in [0.5, 0.6) is 0 Å². The third-order valence-corrected chi connectivity index (χ3v) is 13.1. The molecule has 4 amide bonds. The highest BCUT2D eigenvalue weighted by Gasteiger charge is 2.51. The first-order chi connectivity index (χ1) is 30.0. The highest BCUT2D eigenvalue weighted by Crippen LogP contribution is 2.51. The van der Waals surface area contributed by atoms with Gasteiger partial charge in [0.05, 0.1) is 37.3 Å². The van der Waals surface area contributed by atoms with Crippen molar-refractivity contribution in [3.05, 3.63) is 107 Å². The maximum Gasteiger partial charge on any atom is 0.407 e. The average molecular weight is 857 g/mol. The topological polar surface area (TPSA) is 175 Å². The number of H-pyrrole nitrogens is 2. The molecule has 15 heteroatoms. The van der Waals surface area contributed by atoms with E-state index in [2.05, 4.69) is 57.0 Å². The Labute approximate surface area is 363 Å². The number of hydrogen-bond acceptors (Lipinski definition) is 8. The normalized spacial score (nSPS) is 20.5. The number of hydrogen-bond donors (Lipinski definition) is 4. The van der Waals surface area contributed by atoms with Crippen LogP contribution in [0.15, 0.2) is 84.9 Å². The van der Waals surface area contributed by atoms with Crippen molar-refractivity contribution >= 4 is 57.4 Å². The fourth-order valence-corrected chi connectivity index (χ4v) is 10.0. The number of halogens is 1. The Morgan fingerprint density at radius 1 is 0.790 bits per heavy atom. The molecule has 2 aromatic heterocycles. The molecule has 320 valence electrons. The van der Waals surface area contributed by atoms with Gasteiger partial charge >= 0.3 is 12.2 Å². The van der Waals surface area contributed by atoms with Crippen molar-refractivity contribution < 1.29 is 28.7 Å². The third-order valence-electron chi connectivity index (χ3n) is 12.8. The Morgan fingerprint density at radius 2 is 1.52 bits per heavy atom. The van der Waals surface area contributed by atoms with E-state index in [0.29, 0.717) is 34.6 Å². The number of carbonyl (C=O) groups excluding carboxylic acids is 4. The smallest absolute Gasteiger partial charge is 0.407 e. The molecule has 4 N–H and O–H groups in total. The van der Waals surface area contributed by atoms with Gasteiger partial charge in [0.25, 0.3) is 5.91 Å². The lowest BCUT2D eigenvalue weighted by atomic mass is 9.95. The average Bonchev–Trinajstić information content (AvgIpc) is 4.15. The Hall–Kier alpha value is -6.41. The number of nitrogens with one attached hydrogen (secondary N) is 4. The molecule has 3 fully saturated rings. The zero-order valence-corrected chi connectivity index (χ0v) is 35.7. The molecule has 3 aliphatic rings. The molecular formula is C47H49ClN8O6. The molecule has 2 saturated heterocycles. The van der Waals surface area contributed by atoms with E-state index in [1.54, 1.807) is 4.90 Å². The number of piperidine rings is 1. The van der Waals surface area contributed by atoms with Gasteiger partial charge in [-0.25, -0.2) is 19.6 Å². The summed E-state index contributed by atoms with van der Waals surface area (Å²) in [5.74, 6) is 1.11. The summed E-state index contributed by atoms with van der Waals surface area (Å²) in [6.07, 6.45) is 3.02. The molecule has 6 atom stereocenters. The number of aromatic amines is 2. The van der Waals surface area contributed by atoms with Gasteiger partial charge in [-0.15, -0.1) is 0 Å². The second-order valence-electron chi connectivity index (χ2n) is 16.8. The first kappa shape index (κ1) is 41.0. The standard InChI is InChI=1S/C47H49ClN8O6/c1-25(2)36(52-46(59)61-3)45(58)56-32-19-16-31(24-32)40(56)43-50-37(41(48)54-43)28-14-12-26(13-15-28)29-17-20-33-30(23-29)18-21-34-39(33)51-42(49-34)35-11-8-22-55(35)44(57)38(53-47(60)62-4)27-9-6-5-7-10-27/h5-7,9-10,12-15,17-18,20-21,23,25,31-32,35-36,38,40H,8,11,16,19,22,24H2,1-4H3,(H,49,51)(H,50,54)(H,52,59)(H,53,60)/t31-,32+,35-,36?,38+,40-/m0/s1. The van der Waals surface area contributed by atoms with Crippen LogP contribution in [0.4, 0.5) is 9.59 Å². The molecular weight excluding hydrogens is 808 g/mol. The Balaban J connectivity index is 0.941. The van der Waals surface area contributed by atoms with Crippen LogP contribution in [-0.4, -0.2) is 86.6 Å². The summed E-state index contributed by atoms with van der Waals surface area (Å²) < 4.78 is 9.68. The highest BCUT2D eigenvalue weighted by atomic mass is 35.5. The number of methoxy groups -OCH3 is 2. The number of imidazole rings is 2. The number of fused-ring (bicyclic) bond motifs is 5. The van der Waals surface area contributed by atoms with Crippen LogP contribution in [0.3, 0.4) is 0 Å². The number of alkyl carbamates (subject to hydrolysis) is 2. The number of aromatic nitrogens is 4. The minimum Gasteiger partial charge on any atom is -0.453 e. The molecule has 0 radical (unpaired) electrons. The van der Waals surface area contributed by atoms with E-state index >= 15 is 0 Å². The van der Waals surface area contributed by atoms with Crippen molar-refractivity contribution in [2.75, 3.05) is 20.8 Å². The number of nitrogens with zero attached hydrogens (tertiary/aromatic N) is 4. The van der Waals surface area contributed by atoms with E-state index in [4.69, 9.17) is 31.0 Å². The first-order valence-corrected chi connectivity index (χ1v) is 21.6. The van der Waals surface area contributed by atoms with E-state index in [1.165, 1.54) is 14.2 Å². The summed E-state index contributed by atoms with van der Waals surface area (Å²) in [5, 5.41) is 7.89. The predicted octanol–water partition coefficient (Wildman–Crippen LogP) is 8.62. The molecule has 4 aromatic carbocycles. The van der Waals surface area contributed by atoms with Gasteiger partial charge in [-0.3, -0.25) is 9.59 Å². The summed E-state index contributed by atoms with van der Waals surface area (Å²) in [7, 11) is 2.58. The lowest BCUT2D eigenvalue weighted by molar-refractivity contribution is -0.139. The van der Waals surface area contributed by atoms with E-state index in [1.807, 2.05) is 67.3 Å². The van der Waals surface area contributed by atoms with Crippen LogP contribution in [0.25, 0.3) is 44.2 Å².